The summed E-state index contributed by atoms with van der Waals surface area (Å²) in [7, 11) is 2.44. The molecule has 0 aromatic heterocycles. The molecule has 0 N–H and O–H groups in total. The molecule has 1 rings (SSSR count). The molecule has 1 unspecified atom stereocenters. The van der Waals surface area contributed by atoms with Gasteiger partial charge in [-0.05, 0) is 30.7 Å². The standard InChI is InChI=1S/C13H22B/c1-9(2)13-7-6-12(8-11(13)5)14-10(3)4/h7-10,12H,6H2,1-5H3. The average molecular weight is 189 g/mol. The second-order valence-corrected chi connectivity index (χ2v) is 5.00. The first-order valence-electron chi connectivity index (χ1n) is 5.74. The van der Waals surface area contributed by atoms with E-state index >= 15 is 0 Å². The molecule has 0 aromatic rings. The molecule has 1 aliphatic carbocycles. The summed E-state index contributed by atoms with van der Waals surface area (Å²) in [5.74, 6) is 2.03. The first-order chi connectivity index (χ1) is 6.50. The van der Waals surface area contributed by atoms with Crippen LogP contribution in [0.15, 0.2) is 23.3 Å². The molecule has 1 heteroatoms. The van der Waals surface area contributed by atoms with Gasteiger partial charge in [0.05, 0.1) is 0 Å². The van der Waals surface area contributed by atoms with E-state index in [1.807, 2.05) is 0 Å². The smallest absolute Gasteiger partial charge is 0.0858 e. The Morgan fingerprint density at radius 2 is 1.93 bits per heavy atom. The molecule has 0 fully saturated rings. The molecule has 0 saturated carbocycles. The van der Waals surface area contributed by atoms with E-state index in [2.05, 4.69) is 54.1 Å². The summed E-state index contributed by atoms with van der Waals surface area (Å²) < 4.78 is 0. The summed E-state index contributed by atoms with van der Waals surface area (Å²) in [5.41, 5.74) is 3.02. The molecular weight excluding hydrogens is 167 g/mol. The Morgan fingerprint density at radius 3 is 2.36 bits per heavy atom. The topological polar surface area (TPSA) is 0 Å². The molecule has 0 spiro atoms. The highest BCUT2D eigenvalue weighted by atomic mass is 14.2. The van der Waals surface area contributed by atoms with Gasteiger partial charge in [-0.2, -0.15) is 0 Å². The van der Waals surface area contributed by atoms with Gasteiger partial charge in [0, 0.05) is 0 Å². The summed E-state index contributed by atoms with van der Waals surface area (Å²) in [5, 5.41) is 0. The van der Waals surface area contributed by atoms with Gasteiger partial charge in [0.15, 0.2) is 0 Å². The van der Waals surface area contributed by atoms with Crippen LogP contribution in [0.2, 0.25) is 11.6 Å². The monoisotopic (exact) mass is 189 g/mol. The summed E-state index contributed by atoms with van der Waals surface area (Å²) in [4.78, 5) is 0. The van der Waals surface area contributed by atoms with Gasteiger partial charge in [0.1, 0.15) is 7.28 Å². The van der Waals surface area contributed by atoms with Crippen molar-refractivity contribution in [3.63, 3.8) is 0 Å². The fourth-order valence-electron chi connectivity index (χ4n) is 2.23. The summed E-state index contributed by atoms with van der Waals surface area (Å²) >= 11 is 0. The molecule has 1 aliphatic rings. The molecule has 1 radical (unpaired) electrons. The van der Waals surface area contributed by atoms with Crippen LogP contribution in [0, 0.1) is 5.92 Å². The van der Waals surface area contributed by atoms with Crippen LogP contribution >= 0.6 is 0 Å². The highest BCUT2D eigenvalue weighted by Gasteiger charge is 2.16. The van der Waals surface area contributed by atoms with Gasteiger partial charge >= 0.3 is 0 Å². The van der Waals surface area contributed by atoms with Gasteiger partial charge in [0.25, 0.3) is 0 Å². The largest absolute Gasteiger partial charge is 0.122 e. The van der Waals surface area contributed by atoms with Crippen LogP contribution in [0.1, 0.15) is 41.0 Å². The highest BCUT2D eigenvalue weighted by molar-refractivity contribution is 6.40. The molecule has 0 bridgehead atoms. The Hall–Kier alpha value is -0.455. The van der Waals surface area contributed by atoms with E-state index in [0.717, 1.165) is 0 Å². The maximum atomic E-state index is 2.44. The number of rotatable bonds is 3. The first-order valence-corrected chi connectivity index (χ1v) is 5.74. The van der Waals surface area contributed by atoms with Crippen LogP contribution in [0.5, 0.6) is 0 Å². The zero-order valence-corrected chi connectivity index (χ0v) is 10.2. The van der Waals surface area contributed by atoms with E-state index in [1.165, 1.54) is 12.0 Å². The zero-order chi connectivity index (χ0) is 10.7. The van der Waals surface area contributed by atoms with Crippen LogP contribution in [0.25, 0.3) is 0 Å². The van der Waals surface area contributed by atoms with Gasteiger partial charge in [0.2, 0.25) is 0 Å². The third-order valence-electron chi connectivity index (χ3n) is 2.78. The van der Waals surface area contributed by atoms with Crippen molar-refractivity contribution in [1.82, 2.24) is 0 Å². The lowest BCUT2D eigenvalue weighted by Crippen LogP contribution is -2.10. The molecular formula is C13H22B. The first kappa shape index (κ1) is 11.6. The van der Waals surface area contributed by atoms with Crippen molar-refractivity contribution in [3.05, 3.63) is 23.3 Å². The lowest BCUT2D eigenvalue weighted by molar-refractivity contribution is 0.754. The maximum Gasteiger partial charge on any atom is 0.122 e. The van der Waals surface area contributed by atoms with Crippen molar-refractivity contribution in [3.8, 4) is 0 Å². The fourth-order valence-corrected chi connectivity index (χ4v) is 2.23. The lowest BCUT2D eigenvalue weighted by atomic mass is 9.53. The van der Waals surface area contributed by atoms with Crippen LogP contribution in [-0.4, -0.2) is 7.28 Å². The average Bonchev–Trinajstić information content (AvgIpc) is 2.01. The molecule has 14 heavy (non-hydrogen) atoms. The minimum atomic E-state index is 0.664. The third kappa shape index (κ3) is 3.04. The Balaban J connectivity index is 2.62. The molecule has 77 valence electrons. The molecule has 1 atom stereocenters. The Morgan fingerprint density at radius 1 is 1.29 bits per heavy atom. The molecule has 0 nitrogen and oxygen atoms in total. The molecule has 0 aliphatic heterocycles. The van der Waals surface area contributed by atoms with Crippen LogP contribution in [0.4, 0.5) is 0 Å². The predicted octanol–water partition coefficient (Wildman–Crippen LogP) is 4.24. The number of allylic oxidation sites excluding steroid dienone is 4. The number of hydrogen-bond acceptors (Lipinski definition) is 0. The van der Waals surface area contributed by atoms with E-state index < -0.39 is 0 Å². The third-order valence-corrected chi connectivity index (χ3v) is 2.78. The SMILES string of the molecule is CC1=CC([B]C(C)C)CC=C1C(C)C. The Kier molecular flexibility index (Phi) is 4.03. The van der Waals surface area contributed by atoms with E-state index in [0.29, 0.717) is 17.6 Å². The van der Waals surface area contributed by atoms with Crippen LogP contribution in [0.3, 0.4) is 0 Å². The summed E-state index contributed by atoms with van der Waals surface area (Å²) in [6.45, 7) is 11.3. The molecule has 0 heterocycles. The summed E-state index contributed by atoms with van der Waals surface area (Å²) in [6, 6.07) is 0. The minimum Gasteiger partial charge on any atom is -0.0858 e. The van der Waals surface area contributed by atoms with Gasteiger partial charge in [-0.25, -0.2) is 0 Å². The molecule has 0 amide bonds. The van der Waals surface area contributed by atoms with E-state index in [-0.39, 0.29) is 0 Å². The van der Waals surface area contributed by atoms with Crippen LogP contribution in [-0.2, 0) is 0 Å². The van der Waals surface area contributed by atoms with Gasteiger partial charge in [-0.15, -0.1) is 0 Å². The van der Waals surface area contributed by atoms with Gasteiger partial charge in [-0.3, -0.25) is 0 Å². The van der Waals surface area contributed by atoms with Crippen molar-refractivity contribution in [2.24, 2.45) is 5.92 Å². The highest BCUT2D eigenvalue weighted by Crippen LogP contribution is 2.31. The van der Waals surface area contributed by atoms with E-state index in [4.69, 9.17) is 0 Å². The lowest BCUT2D eigenvalue weighted by Gasteiger charge is -2.22. The summed E-state index contributed by atoms with van der Waals surface area (Å²) in [6.07, 6.45) is 6.04. The quantitative estimate of drug-likeness (QED) is 0.582. The van der Waals surface area contributed by atoms with Crippen molar-refractivity contribution in [2.45, 2.75) is 52.7 Å². The zero-order valence-electron chi connectivity index (χ0n) is 10.2. The Labute approximate surface area is 89.7 Å². The normalized spacial score (nSPS) is 22.4. The minimum absolute atomic E-state index is 0.664. The van der Waals surface area contributed by atoms with E-state index in [1.54, 1.807) is 5.57 Å². The molecule has 0 aromatic carbocycles. The maximum absolute atomic E-state index is 2.44. The second kappa shape index (κ2) is 4.86. The van der Waals surface area contributed by atoms with Crippen molar-refractivity contribution < 1.29 is 0 Å². The number of hydrogen-bond donors (Lipinski definition) is 0. The van der Waals surface area contributed by atoms with Crippen LogP contribution < -0.4 is 0 Å². The Bertz CT molecular complexity index is 246. The second-order valence-electron chi connectivity index (χ2n) is 5.00. The van der Waals surface area contributed by atoms with E-state index in [9.17, 15) is 0 Å². The molecule has 0 saturated heterocycles. The van der Waals surface area contributed by atoms with Gasteiger partial charge in [-0.1, -0.05) is 51.2 Å². The predicted molar refractivity (Wildman–Crippen MR) is 65.9 cm³/mol. The van der Waals surface area contributed by atoms with Crippen molar-refractivity contribution in [1.29, 1.82) is 0 Å². The van der Waals surface area contributed by atoms with Crippen molar-refractivity contribution in [2.75, 3.05) is 0 Å². The fraction of sp³-hybridized carbons (Fsp3) is 0.692. The van der Waals surface area contributed by atoms with Gasteiger partial charge < -0.3 is 0 Å². The van der Waals surface area contributed by atoms with Crippen molar-refractivity contribution >= 4 is 7.28 Å².